The van der Waals surface area contributed by atoms with E-state index in [1.807, 2.05) is 24.3 Å². The number of fused-ring (bicyclic) bond motifs is 8. The van der Waals surface area contributed by atoms with E-state index in [1.165, 1.54) is 0 Å². The van der Waals surface area contributed by atoms with Crippen molar-refractivity contribution in [2.24, 2.45) is 11.8 Å². The van der Waals surface area contributed by atoms with Crippen LogP contribution in [-0.4, -0.2) is 11.9 Å². The lowest BCUT2D eigenvalue weighted by molar-refractivity contribution is -0.165. The lowest BCUT2D eigenvalue weighted by atomic mass is 9.51. The van der Waals surface area contributed by atoms with E-state index in [1.54, 1.807) is 12.1 Å². The first-order chi connectivity index (χ1) is 11.5. The van der Waals surface area contributed by atoms with Crippen LogP contribution in [0.1, 0.15) is 23.0 Å². The molecule has 0 unspecified atom stereocenters. The van der Waals surface area contributed by atoms with Crippen molar-refractivity contribution < 1.29 is 19.1 Å². The zero-order valence-electron chi connectivity index (χ0n) is 12.2. The Labute approximate surface area is 154 Å². The van der Waals surface area contributed by atoms with E-state index < -0.39 is 11.8 Å². The van der Waals surface area contributed by atoms with Crippen molar-refractivity contribution in [3.8, 4) is 11.5 Å². The predicted molar refractivity (Wildman–Crippen MR) is 92.0 cm³/mol. The number of esters is 2. The van der Waals surface area contributed by atoms with Gasteiger partial charge in [0.25, 0.3) is 0 Å². The number of ether oxygens (including phenoxy) is 2. The highest BCUT2D eigenvalue weighted by Crippen LogP contribution is 2.64. The van der Waals surface area contributed by atoms with E-state index in [2.05, 4.69) is 31.9 Å². The number of hydrogen-bond acceptors (Lipinski definition) is 4. The normalized spacial score (nSPS) is 29.2. The Bertz CT molecular complexity index is 848. The first-order valence-corrected chi connectivity index (χ1v) is 9.15. The molecular weight excluding hydrogens is 440 g/mol. The minimum Gasteiger partial charge on any atom is -0.426 e. The zero-order valence-corrected chi connectivity index (χ0v) is 15.3. The maximum atomic E-state index is 12.4. The molecule has 0 N–H and O–H groups in total. The Balaban J connectivity index is 1.69. The summed E-state index contributed by atoms with van der Waals surface area (Å²) in [4.78, 5) is 24.9. The molecule has 6 heteroatoms. The Morgan fingerprint density at radius 3 is 1.50 bits per heavy atom. The van der Waals surface area contributed by atoms with Gasteiger partial charge in [0, 0.05) is 20.8 Å². The second-order valence-corrected chi connectivity index (χ2v) is 8.14. The van der Waals surface area contributed by atoms with Crippen LogP contribution in [0.3, 0.4) is 0 Å². The summed E-state index contributed by atoms with van der Waals surface area (Å²) >= 11 is 6.81. The summed E-state index contributed by atoms with van der Waals surface area (Å²) in [5, 5.41) is 0. The van der Waals surface area contributed by atoms with Gasteiger partial charge in [-0.05, 0) is 35.4 Å². The minimum absolute atomic E-state index is 0.0490. The first kappa shape index (κ1) is 14.7. The molecular formula is C18H10Br2O4. The summed E-state index contributed by atoms with van der Waals surface area (Å²) in [6.07, 6.45) is 0. The molecule has 0 amide bonds. The van der Waals surface area contributed by atoms with Crippen LogP contribution in [0.25, 0.3) is 0 Å². The molecule has 4 nitrogen and oxygen atoms in total. The van der Waals surface area contributed by atoms with Crippen LogP contribution in [-0.2, 0) is 9.59 Å². The van der Waals surface area contributed by atoms with Crippen LogP contribution >= 0.6 is 31.9 Å². The van der Waals surface area contributed by atoms with Crippen LogP contribution in [0.2, 0.25) is 0 Å². The van der Waals surface area contributed by atoms with Crippen molar-refractivity contribution in [2.75, 3.05) is 0 Å². The topological polar surface area (TPSA) is 52.6 Å². The molecule has 1 aliphatic carbocycles. The van der Waals surface area contributed by atoms with Gasteiger partial charge < -0.3 is 9.47 Å². The quantitative estimate of drug-likeness (QED) is 0.447. The van der Waals surface area contributed by atoms with Crippen LogP contribution in [0.15, 0.2) is 45.3 Å². The molecule has 5 rings (SSSR count). The summed E-state index contributed by atoms with van der Waals surface area (Å²) in [7, 11) is 0. The van der Waals surface area contributed by atoms with E-state index in [0.717, 1.165) is 20.1 Å². The van der Waals surface area contributed by atoms with E-state index in [9.17, 15) is 9.59 Å². The molecule has 0 spiro atoms. The van der Waals surface area contributed by atoms with Crippen LogP contribution in [0.4, 0.5) is 0 Å². The molecule has 3 aliphatic rings. The molecule has 2 aromatic carbocycles. The molecule has 0 saturated heterocycles. The summed E-state index contributed by atoms with van der Waals surface area (Å²) in [6, 6.07) is 11.4. The fourth-order valence-corrected chi connectivity index (χ4v) is 4.89. The molecule has 24 heavy (non-hydrogen) atoms. The van der Waals surface area contributed by atoms with Crippen LogP contribution < -0.4 is 9.47 Å². The second-order valence-electron chi connectivity index (χ2n) is 6.31. The van der Waals surface area contributed by atoms with E-state index in [0.29, 0.717) is 11.5 Å². The van der Waals surface area contributed by atoms with Crippen molar-refractivity contribution in [1.82, 2.24) is 0 Å². The monoisotopic (exact) mass is 448 g/mol. The number of benzene rings is 2. The maximum Gasteiger partial charge on any atom is 0.315 e. The van der Waals surface area contributed by atoms with Gasteiger partial charge >= 0.3 is 11.9 Å². The summed E-state index contributed by atoms with van der Waals surface area (Å²) in [5.74, 6) is -0.563. The average Bonchev–Trinajstić information content (AvgIpc) is 2.49. The fraction of sp³-hybridized carbons (Fsp3) is 0.222. The Morgan fingerprint density at radius 2 is 1.08 bits per heavy atom. The lowest BCUT2D eigenvalue weighted by Gasteiger charge is -2.53. The molecule has 1 saturated carbocycles. The summed E-state index contributed by atoms with van der Waals surface area (Å²) < 4.78 is 12.6. The van der Waals surface area contributed by atoms with Gasteiger partial charge in [0.1, 0.15) is 11.5 Å². The SMILES string of the molecule is O=C1Oc2cc(Br)ccc2[C@@H]2[C@H]1[C@@H]1C(=O)Oc3cc(Br)ccc3[C@@H]12. The van der Waals surface area contributed by atoms with Gasteiger partial charge in [0.15, 0.2) is 0 Å². The lowest BCUT2D eigenvalue weighted by Crippen LogP contribution is -2.57. The molecule has 0 aromatic heterocycles. The van der Waals surface area contributed by atoms with Crippen molar-refractivity contribution in [3.05, 3.63) is 56.5 Å². The van der Waals surface area contributed by atoms with Gasteiger partial charge in [-0.3, -0.25) is 9.59 Å². The molecule has 4 atom stereocenters. The molecule has 2 aromatic rings. The maximum absolute atomic E-state index is 12.4. The van der Waals surface area contributed by atoms with E-state index in [-0.39, 0.29) is 23.8 Å². The fourth-order valence-electron chi connectivity index (χ4n) is 4.20. The highest BCUT2D eigenvalue weighted by molar-refractivity contribution is 9.10. The highest BCUT2D eigenvalue weighted by atomic mass is 79.9. The third-order valence-corrected chi connectivity index (χ3v) is 6.17. The van der Waals surface area contributed by atoms with Crippen molar-refractivity contribution >= 4 is 43.8 Å². The molecule has 120 valence electrons. The van der Waals surface area contributed by atoms with Gasteiger partial charge in [-0.15, -0.1) is 0 Å². The number of carbonyl (C=O) groups is 2. The van der Waals surface area contributed by atoms with Gasteiger partial charge in [-0.1, -0.05) is 44.0 Å². The third kappa shape index (κ3) is 1.84. The highest BCUT2D eigenvalue weighted by Gasteiger charge is 2.64. The van der Waals surface area contributed by atoms with Gasteiger partial charge in [-0.2, -0.15) is 0 Å². The Hall–Kier alpha value is -1.66. The average molecular weight is 450 g/mol. The van der Waals surface area contributed by atoms with Gasteiger partial charge in [0.05, 0.1) is 11.8 Å². The van der Waals surface area contributed by atoms with E-state index >= 15 is 0 Å². The number of halogens is 2. The minimum atomic E-state index is -0.465. The summed E-state index contributed by atoms with van der Waals surface area (Å²) in [5.41, 5.74) is 1.96. The van der Waals surface area contributed by atoms with Crippen LogP contribution in [0.5, 0.6) is 11.5 Å². The van der Waals surface area contributed by atoms with Crippen molar-refractivity contribution in [1.29, 1.82) is 0 Å². The molecule has 0 bridgehead atoms. The number of rotatable bonds is 0. The zero-order chi connectivity index (χ0) is 16.6. The number of hydrogen-bond donors (Lipinski definition) is 0. The Kier molecular flexibility index (Phi) is 3.01. The van der Waals surface area contributed by atoms with Crippen molar-refractivity contribution in [3.63, 3.8) is 0 Å². The van der Waals surface area contributed by atoms with Crippen LogP contribution in [0, 0.1) is 11.8 Å². The number of carbonyl (C=O) groups excluding carboxylic acids is 2. The molecule has 2 heterocycles. The standard InChI is InChI=1S/C18H10Br2O4/c19-7-1-3-9-11(5-7)23-17(21)15-13(9)14-10-4-2-8(20)6-12(10)24-18(22)16(14)15/h1-6,13-16H/t13-,14+,15-,16+. The van der Waals surface area contributed by atoms with E-state index in [4.69, 9.17) is 9.47 Å². The third-order valence-electron chi connectivity index (χ3n) is 5.18. The molecule has 1 fully saturated rings. The second kappa shape index (κ2) is 4.92. The van der Waals surface area contributed by atoms with Gasteiger partial charge in [-0.25, -0.2) is 0 Å². The Morgan fingerprint density at radius 1 is 0.667 bits per heavy atom. The summed E-state index contributed by atoms with van der Waals surface area (Å²) in [6.45, 7) is 0. The van der Waals surface area contributed by atoms with Gasteiger partial charge in [0.2, 0.25) is 0 Å². The predicted octanol–water partition coefficient (Wildman–Crippen LogP) is 4.16. The van der Waals surface area contributed by atoms with Crippen molar-refractivity contribution in [2.45, 2.75) is 11.8 Å². The smallest absolute Gasteiger partial charge is 0.315 e. The molecule has 0 radical (unpaired) electrons. The molecule has 2 aliphatic heterocycles. The largest absolute Gasteiger partial charge is 0.426 e. The first-order valence-electron chi connectivity index (χ1n) is 7.57.